The van der Waals surface area contributed by atoms with E-state index in [9.17, 15) is 22.8 Å². The number of alkyl halides is 3. The lowest BCUT2D eigenvalue weighted by atomic mass is 10.0. The Bertz CT molecular complexity index is 1740. The van der Waals surface area contributed by atoms with Crippen molar-refractivity contribution in [1.82, 2.24) is 19.8 Å². The number of fused-ring (bicyclic) bond motifs is 1. The monoisotopic (exact) mass is 637 g/mol. The number of amides is 2. The number of likely N-dealkylation sites (N-methyl/N-ethyl adjacent to an activating group) is 1. The molecule has 236 valence electrons. The Morgan fingerprint density at radius 2 is 1.82 bits per heavy atom. The molecule has 9 nitrogen and oxygen atoms in total. The first kappa shape index (κ1) is 30.9. The first-order chi connectivity index (χ1) is 21.5. The number of carbonyl (C=O) groups is 2. The first-order valence-electron chi connectivity index (χ1n) is 14.9. The van der Waals surface area contributed by atoms with Gasteiger partial charge in [-0.2, -0.15) is 13.2 Å². The van der Waals surface area contributed by atoms with E-state index in [0.29, 0.717) is 47.4 Å². The zero-order chi connectivity index (χ0) is 31.7. The average molecular weight is 638 g/mol. The summed E-state index contributed by atoms with van der Waals surface area (Å²) in [6, 6.07) is 9.09. The zero-order valence-corrected chi connectivity index (χ0v) is 25.8. The molecule has 0 radical (unpaired) electrons. The predicted octanol–water partition coefficient (Wildman–Crippen LogP) is 6.23. The topological polar surface area (TPSA) is 102 Å². The van der Waals surface area contributed by atoms with E-state index in [2.05, 4.69) is 30.8 Å². The summed E-state index contributed by atoms with van der Waals surface area (Å²) in [5.74, 6) is -0.338. The van der Waals surface area contributed by atoms with Crippen molar-refractivity contribution in [2.45, 2.75) is 44.9 Å². The van der Waals surface area contributed by atoms with Gasteiger partial charge in [0.15, 0.2) is 0 Å². The second-order valence-electron chi connectivity index (χ2n) is 11.7. The maximum Gasteiger partial charge on any atom is 0.416 e. The minimum Gasteiger partial charge on any atom is -0.366 e. The van der Waals surface area contributed by atoms with Gasteiger partial charge in [0.1, 0.15) is 12.1 Å². The second kappa shape index (κ2) is 12.7. The summed E-state index contributed by atoms with van der Waals surface area (Å²) in [4.78, 5) is 39.3. The number of nitrogens with zero attached hydrogens (tertiary/aromatic N) is 4. The summed E-state index contributed by atoms with van der Waals surface area (Å²) in [5, 5.41) is 10.7. The maximum atomic E-state index is 14.1. The molecule has 2 amide bonds. The van der Waals surface area contributed by atoms with Crippen molar-refractivity contribution >= 4 is 50.6 Å². The molecule has 2 aliphatic rings. The number of thiophene rings is 1. The van der Waals surface area contributed by atoms with E-state index in [1.54, 1.807) is 23.6 Å². The highest BCUT2D eigenvalue weighted by Gasteiger charge is 2.34. The zero-order valence-electron chi connectivity index (χ0n) is 25.0. The molecule has 13 heteroatoms. The van der Waals surface area contributed by atoms with E-state index < -0.39 is 17.6 Å². The molecule has 0 unspecified atom stereocenters. The number of hydrogen-bond donors (Lipinski definition) is 3. The molecule has 2 aromatic carbocycles. The average Bonchev–Trinajstić information content (AvgIpc) is 3.75. The van der Waals surface area contributed by atoms with Gasteiger partial charge in [-0.3, -0.25) is 14.5 Å². The van der Waals surface area contributed by atoms with Crippen LogP contribution in [-0.4, -0.2) is 70.9 Å². The summed E-state index contributed by atoms with van der Waals surface area (Å²) in [6.45, 7) is 5.06. The molecule has 1 saturated carbocycles. The molecule has 0 atom stereocenters. The van der Waals surface area contributed by atoms with E-state index in [-0.39, 0.29) is 23.6 Å². The molecular weight excluding hydrogens is 603 g/mol. The molecule has 3 N–H and O–H groups in total. The van der Waals surface area contributed by atoms with Crippen LogP contribution in [0.15, 0.2) is 48.1 Å². The van der Waals surface area contributed by atoms with Crippen molar-refractivity contribution in [3.63, 3.8) is 0 Å². The molecule has 1 aliphatic heterocycles. The second-order valence-corrected chi connectivity index (χ2v) is 12.6. The number of carbonyl (C=O) groups excluding carboxylic acids is 2. The van der Waals surface area contributed by atoms with Gasteiger partial charge < -0.3 is 20.9 Å². The summed E-state index contributed by atoms with van der Waals surface area (Å²) in [5.41, 5.74) is 1.71. The van der Waals surface area contributed by atoms with Crippen LogP contribution in [0.3, 0.4) is 0 Å². The Balaban J connectivity index is 1.17. The molecule has 4 aromatic rings. The van der Waals surface area contributed by atoms with E-state index in [1.165, 1.54) is 29.8 Å². The number of aryl methyl sites for hydroxylation is 1. The van der Waals surface area contributed by atoms with Crippen molar-refractivity contribution in [1.29, 1.82) is 0 Å². The van der Waals surface area contributed by atoms with Crippen LogP contribution in [0, 0.1) is 6.92 Å². The van der Waals surface area contributed by atoms with Crippen LogP contribution in [-0.2, 0) is 12.7 Å². The lowest BCUT2D eigenvalue weighted by Gasteiger charge is -2.23. The summed E-state index contributed by atoms with van der Waals surface area (Å²) in [6.07, 6.45) is -0.123. The molecule has 0 bridgehead atoms. The van der Waals surface area contributed by atoms with Crippen LogP contribution in [0.5, 0.6) is 0 Å². The lowest BCUT2D eigenvalue weighted by Crippen LogP contribution is -2.29. The van der Waals surface area contributed by atoms with Gasteiger partial charge in [0.05, 0.1) is 21.3 Å². The normalized spacial score (nSPS) is 16.4. The van der Waals surface area contributed by atoms with Crippen LogP contribution in [0.25, 0.3) is 10.2 Å². The Morgan fingerprint density at radius 3 is 2.60 bits per heavy atom. The molecule has 0 spiro atoms. The highest BCUT2D eigenvalue weighted by atomic mass is 32.1. The van der Waals surface area contributed by atoms with Crippen molar-refractivity contribution in [3.05, 3.63) is 75.9 Å². The molecule has 3 heterocycles. The molecular formula is C32H34F3N7O2S. The van der Waals surface area contributed by atoms with Gasteiger partial charge >= 0.3 is 6.18 Å². The minimum atomic E-state index is -4.61. The highest BCUT2D eigenvalue weighted by molar-refractivity contribution is 7.18. The van der Waals surface area contributed by atoms with Crippen LogP contribution < -0.4 is 16.0 Å². The van der Waals surface area contributed by atoms with Gasteiger partial charge in [0.2, 0.25) is 0 Å². The summed E-state index contributed by atoms with van der Waals surface area (Å²) >= 11 is 1.39. The Labute approximate surface area is 262 Å². The van der Waals surface area contributed by atoms with Crippen molar-refractivity contribution in [2.75, 3.05) is 49.2 Å². The van der Waals surface area contributed by atoms with Crippen LogP contribution in [0.1, 0.15) is 56.7 Å². The molecule has 2 fully saturated rings. The fourth-order valence-electron chi connectivity index (χ4n) is 5.38. The van der Waals surface area contributed by atoms with Crippen molar-refractivity contribution < 1.29 is 22.8 Å². The van der Waals surface area contributed by atoms with E-state index >= 15 is 0 Å². The minimum absolute atomic E-state index is 0.104. The van der Waals surface area contributed by atoms with E-state index in [4.69, 9.17) is 0 Å². The largest absolute Gasteiger partial charge is 0.416 e. The third kappa shape index (κ3) is 7.26. The summed E-state index contributed by atoms with van der Waals surface area (Å²) < 4.78 is 43.2. The molecule has 2 aromatic heterocycles. The summed E-state index contributed by atoms with van der Waals surface area (Å²) in [7, 11) is 2.01. The third-order valence-corrected chi connectivity index (χ3v) is 9.12. The number of nitrogens with one attached hydrogen (secondary N) is 3. The number of halogens is 3. The molecule has 6 rings (SSSR count). The Morgan fingerprint density at radius 1 is 1.00 bits per heavy atom. The highest BCUT2D eigenvalue weighted by Crippen LogP contribution is 2.35. The Hall–Kier alpha value is -4.07. The van der Waals surface area contributed by atoms with Gasteiger partial charge in [-0.25, -0.2) is 9.97 Å². The fourth-order valence-corrected chi connectivity index (χ4v) is 6.33. The van der Waals surface area contributed by atoms with Crippen LogP contribution >= 0.6 is 11.3 Å². The number of benzene rings is 2. The Kier molecular flexibility index (Phi) is 8.76. The fraction of sp³-hybridized carbons (Fsp3) is 0.375. The van der Waals surface area contributed by atoms with Gasteiger partial charge in [-0.05, 0) is 81.7 Å². The van der Waals surface area contributed by atoms with Gasteiger partial charge in [-0.15, -0.1) is 11.3 Å². The van der Waals surface area contributed by atoms with Crippen molar-refractivity contribution in [3.8, 4) is 0 Å². The van der Waals surface area contributed by atoms with Crippen molar-refractivity contribution in [2.24, 2.45) is 0 Å². The number of hydrogen-bond acceptors (Lipinski definition) is 8. The van der Waals surface area contributed by atoms with Crippen LogP contribution in [0.2, 0.25) is 0 Å². The standard InChI is InChI=1S/C32H34F3N7O2S/c1-19-4-7-23(15-26(19)40-31(44)24-17-45-28-27(24)36-18-37-29(28)38-22-8-9-22)39-30(43)20-5-6-21(25(14-20)32(33,34)35)16-42-11-3-10-41(2)12-13-42/h4-7,14-15,17-18,22H,3,8-13,16H2,1-2H3,(H,39,43)(H,40,44)(H,36,37,38). The lowest BCUT2D eigenvalue weighted by molar-refractivity contribution is -0.138. The van der Waals surface area contributed by atoms with Gasteiger partial charge in [-0.1, -0.05) is 12.1 Å². The van der Waals surface area contributed by atoms with E-state index in [0.717, 1.165) is 48.7 Å². The number of anilines is 3. The third-order valence-electron chi connectivity index (χ3n) is 8.14. The molecule has 1 aliphatic carbocycles. The van der Waals surface area contributed by atoms with Gasteiger partial charge in [0, 0.05) is 48.0 Å². The van der Waals surface area contributed by atoms with Crippen LogP contribution in [0.4, 0.5) is 30.4 Å². The SMILES string of the molecule is Cc1ccc(NC(=O)c2ccc(CN3CCCN(C)CC3)c(C(F)(F)F)c2)cc1NC(=O)c1csc2c(NC3CC3)ncnc12. The maximum absolute atomic E-state index is 14.1. The first-order valence-corrected chi connectivity index (χ1v) is 15.8. The number of aromatic nitrogens is 2. The van der Waals surface area contributed by atoms with E-state index in [1.807, 2.05) is 18.9 Å². The quantitative estimate of drug-likeness (QED) is 0.210. The van der Waals surface area contributed by atoms with Gasteiger partial charge in [0.25, 0.3) is 11.8 Å². The predicted molar refractivity (Wildman–Crippen MR) is 170 cm³/mol. The smallest absolute Gasteiger partial charge is 0.366 e. The molecule has 1 saturated heterocycles. The number of rotatable bonds is 8. The molecule has 45 heavy (non-hydrogen) atoms.